The van der Waals surface area contributed by atoms with Crippen LogP contribution in [0.25, 0.3) is 0 Å². The molecule has 2 aromatic heterocycles. The Bertz CT molecular complexity index is 522. The zero-order valence-electron chi connectivity index (χ0n) is 9.18. The van der Waals surface area contributed by atoms with Crippen molar-refractivity contribution in [3.63, 3.8) is 0 Å². The van der Waals surface area contributed by atoms with E-state index in [-0.39, 0.29) is 12.3 Å². The van der Waals surface area contributed by atoms with Gasteiger partial charge in [0.25, 0.3) is 0 Å². The number of aromatic nitrogens is 3. The number of halogens is 1. The molecule has 0 radical (unpaired) electrons. The number of nitrogens with one attached hydrogen (secondary N) is 1. The van der Waals surface area contributed by atoms with Crippen molar-refractivity contribution in [2.45, 2.75) is 12.3 Å². The third kappa shape index (κ3) is 3.28. The Morgan fingerprint density at radius 1 is 1.65 bits per heavy atom. The Hall–Kier alpha value is -1.40. The van der Waals surface area contributed by atoms with E-state index in [0.717, 1.165) is 10.7 Å². The standard InChI is InChI=1S/C10H11ClN4OS/c1-15-3-2-8(14-15)13-9(16)4-10-12-7(5-11)6-17-10/h2-3,6H,4-5H2,1H3,(H,13,14,16). The van der Waals surface area contributed by atoms with Crippen LogP contribution in [0.15, 0.2) is 17.6 Å². The van der Waals surface area contributed by atoms with Crippen LogP contribution in [0.3, 0.4) is 0 Å². The van der Waals surface area contributed by atoms with Crippen LogP contribution in [0, 0.1) is 0 Å². The highest BCUT2D eigenvalue weighted by atomic mass is 35.5. The summed E-state index contributed by atoms with van der Waals surface area (Å²) < 4.78 is 1.63. The number of hydrogen-bond acceptors (Lipinski definition) is 4. The third-order valence-electron chi connectivity index (χ3n) is 2.03. The summed E-state index contributed by atoms with van der Waals surface area (Å²) in [5.74, 6) is 0.795. The quantitative estimate of drug-likeness (QED) is 0.862. The number of rotatable bonds is 4. The van der Waals surface area contributed by atoms with Gasteiger partial charge in [-0.2, -0.15) is 5.10 Å². The molecule has 1 N–H and O–H groups in total. The van der Waals surface area contributed by atoms with Crippen LogP contribution in [-0.2, 0) is 24.1 Å². The van der Waals surface area contributed by atoms with Crippen LogP contribution < -0.4 is 5.32 Å². The lowest BCUT2D eigenvalue weighted by Crippen LogP contribution is -2.14. The van der Waals surface area contributed by atoms with Crippen molar-refractivity contribution in [3.8, 4) is 0 Å². The maximum atomic E-state index is 11.7. The van der Waals surface area contributed by atoms with Gasteiger partial charge in [0.1, 0.15) is 5.01 Å². The molecule has 2 heterocycles. The summed E-state index contributed by atoms with van der Waals surface area (Å²) in [6.45, 7) is 0. The maximum Gasteiger partial charge on any atom is 0.232 e. The zero-order valence-corrected chi connectivity index (χ0v) is 10.8. The van der Waals surface area contributed by atoms with E-state index >= 15 is 0 Å². The second-order valence-electron chi connectivity index (χ2n) is 3.47. The molecule has 0 aliphatic rings. The fourth-order valence-corrected chi connectivity index (χ4v) is 2.32. The molecule has 90 valence electrons. The first-order chi connectivity index (χ1) is 8.17. The number of aryl methyl sites for hydroxylation is 1. The zero-order chi connectivity index (χ0) is 12.3. The monoisotopic (exact) mass is 270 g/mol. The van der Waals surface area contributed by atoms with Gasteiger partial charge in [0, 0.05) is 24.7 Å². The van der Waals surface area contributed by atoms with Gasteiger partial charge in [0.05, 0.1) is 18.0 Å². The lowest BCUT2D eigenvalue weighted by atomic mass is 10.4. The van der Waals surface area contributed by atoms with Gasteiger partial charge in [-0.1, -0.05) is 0 Å². The Morgan fingerprint density at radius 3 is 3.06 bits per heavy atom. The van der Waals surface area contributed by atoms with E-state index in [2.05, 4.69) is 15.4 Å². The molecule has 5 nitrogen and oxygen atoms in total. The third-order valence-corrected chi connectivity index (χ3v) is 3.20. The van der Waals surface area contributed by atoms with E-state index < -0.39 is 0 Å². The van der Waals surface area contributed by atoms with E-state index in [4.69, 9.17) is 11.6 Å². The minimum Gasteiger partial charge on any atom is -0.309 e. The summed E-state index contributed by atoms with van der Waals surface area (Å²) in [6.07, 6.45) is 2.02. The van der Waals surface area contributed by atoms with Crippen molar-refractivity contribution in [2.75, 3.05) is 5.32 Å². The molecule has 0 aliphatic heterocycles. The number of thiazole rings is 1. The molecule has 0 saturated carbocycles. The summed E-state index contributed by atoms with van der Waals surface area (Å²) in [4.78, 5) is 15.9. The molecule has 0 spiro atoms. The molecule has 0 atom stereocenters. The van der Waals surface area contributed by atoms with Crippen molar-refractivity contribution < 1.29 is 4.79 Å². The fourth-order valence-electron chi connectivity index (χ4n) is 1.30. The topological polar surface area (TPSA) is 59.8 Å². The maximum absolute atomic E-state index is 11.7. The molecule has 0 aliphatic carbocycles. The molecular weight excluding hydrogens is 260 g/mol. The van der Waals surface area contributed by atoms with Gasteiger partial charge in [-0.05, 0) is 0 Å². The number of anilines is 1. The molecule has 0 bridgehead atoms. The molecular formula is C10H11ClN4OS. The summed E-state index contributed by atoms with van der Waals surface area (Å²) in [6, 6.07) is 1.74. The van der Waals surface area contributed by atoms with Gasteiger partial charge < -0.3 is 5.32 Å². The van der Waals surface area contributed by atoms with Crippen molar-refractivity contribution in [3.05, 3.63) is 28.3 Å². The highest BCUT2D eigenvalue weighted by Crippen LogP contribution is 2.12. The fraction of sp³-hybridized carbons (Fsp3) is 0.300. The number of carbonyl (C=O) groups is 1. The first-order valence-corrected chi connectivity index (χ1v) is 6.37. The lowest BCUT2D eigenvalue weighted by molar-refractivity contribution is -0.115. The summed E-state index contributed by atoms with van der Waals surface area (Å²) in [5.41, 5.74) is 0.803. The van der Waals surface area contributed by atoms with Gasteiger partial charge in [0.15, 0.2) is 5.82 Å². The smallest absolute Gasteiger partial charge is 0.232 e. The van der Waals surface area contributed by atoms with E-state index in [1.807, 2.05) is 5.38 Å². The second-order valence-corrected chi connectivity index (χ2v) is 4.68. The predicted molar refractivity (Wildman–Crippen MR) is 67.2 cm³/mol. The number of hydrogen-bond donors (Lipinski definition) is 1. The number of carbonyl (C=O) groups excluding carboxylic acids is 1. The largest absolute Gasteiger partial charge is 0.309 e. The Labute approximate surface area is 107 Å². The average Bonchev–Trinajstić information content (AvgIpc) is 2.88. The number of nitrogens with zero attached hydrogens (tertiary/aromatic N) is 3. The van der Waals surface area contributed by atoms with Gasteiger partial charge >= 0.3 is 0 Å². The van der Waals surface area contributed by atoms with Crippen LogP contribution >= 0.6 is 22.9 Å². The molecule has 2 rings (SSSR count). The average molecular weight is 271 g/mol. The van der Waals surface area contributed by atoms with Crippen LogP contribution in [-0.4, -0.2) is 20.7 Å². The normalized spacial score (nSPS) is 10.5. The van der Waals surface area contributed by atoms with E-state index in [9.17, 15) is 4.79 Å². The van der Waals surface area contributed by atoms with E-state index in [1.165, 1.54) is 11.3 Å². The lowest BCUT2D eigenvalue weighted by Gasteiger charge is -1.98. The molecule has 17 heavy (non-hydrogen) atoms. The number of amides is 1. The highest BCUT2D eigenvalue weighted by molar-refractivity contribution is 7.09. The first-order valence-electron chi connectivity index (χ1n) is 4.96. The minimum atomic E-state index is -0.126. The van der Waals surface area contributed by atoms with Crippen LogP contribution in [0.5, 0.6) is 0 Å². The van der Waals surface area contributed by atoms with E-state index in [0.29, 0.717) is 11.7 Å². The molecule has 2 aromatic rings. The molecule has 0 aromatic carbocycles. The predicted octanol–water partition coefficient (Wildman–Crippen LogP) is 1.80. The summed E-state index contributed by atoms with van der Waals surface area (Å²) in [7, 11) is 1.79. The van der Waals surface area contributed by atoms with Crippen molar-refractivity contribution in [1.82, 2.24) is 14.8 Å². The molecule has 1 amide bonds. The van der Waals surface area contributed by atoms with Crippen LogP contribution in [0.4, 0.5) is 5.82 Å². The first kappa shape index (κ1) is 12.1. The van der Waals surface area contributed by atoms with Crippen molar-refractivity contribution >= 4 is 34.7 Å². The Morgan fingerprint density at radius 2 is 2.47 bits per heavy atom. The van der Waals surface area contributed by atoms with E-state index in [1.54, 1.807) is 24.0 Å². The second kappa shape index (κ2) is 5.29. The Balaban J connectivity index is 1.93. The van der Waals surface area contributed by atoms with Gasteiger partial charge in [-0.25, -0.2) is 4.98 Å². The van der Waals surface area contributed by atoms with Crippen molar-refractivity contribution in [2.24, 2.45) is 7.05 Å². The van der Waals surface area contributed by atoms with Gasteiger partial charge in [0.2, 0.25) is 5.91 Å². The Kier molecular flexibility index (Phi) is 3.75. The SMILES string of the molecule is Cn1ccc(NC(=O)Cc2nc(CCl)cs2)n1. The highest BCUT2D eigenvalue weighted by Gasteiger charge is 2.09. The molecule has 7 heteroatoms. The van der Waals surface area contributed by atoms with Gasteiger partial charge in [-0.15, -0.1) is 22.9 Å². The van der Waals surface area contributed by atoms with Crippen LogP contribution in [0.1, 0.15) is 10.7 Å². The van der Waals surface area contributed by atoms with Crippen LogP contribution in [0.2, 0.25) is 0 Å². The molecule has 0 unspecified atom stereocenters. The molecule has 0 fully saturated rings. The minimum absolute atomic E-state index is 0.126. The van der Waals surface area contributed by atoms with Crippen molar-refractivity contribution in [1.29, 1.82) is 0 Å². The molecule has 0 saturated heterocycles. The summed E-state index contributed by atoms with van der Waals surface area (Å²) >= 11 is 7.08. The number of alkyl halides is 1. The van der Waals surface area contributed by atoms with Gasteiger partial charge in [-0.3, -0.25) is 9.48 Å². The summed E-state index contributed by atoms with van der Waals surface area (Å²) in [5, 5.41) is 9.38.